The van der Waals surface area contributed by atoms with Gasteiger partial charge in [0, 0.05) is 22.9 Å². The molecule has 0 N–H and O–H groups in total. The molecule has 4 heteroatoms. The lowest BCUT2D eigenvalue weighted by Gasteiger charge is -2.56. The summed E-state index contributed by atoms with van der Waals surface area (Å²) in [6.45, 7) is 0.428. The highest BCUT2D eigenvalue weighted by molar-refractivity contribution is 8.01. The minimum Gasteiger partial charge on any atom is -0.335 e. The number of carbonyl (C=O) groups is 1. The molecule has 0 aromatic heterocycles. The molecule has 6 rings (SSSR count). The van der Waals surface area contributed by atoms with Gasteiger partial charge in [-0.3, -0.25) is 4.79 Å². The second-order valence-corrected chi connectivity index (χ2v) is 10.7. The van der Waals surface area contributed by atoms with Crippen molar-refractivity contribution in [3.05, 3.63) is 35.6 Å². The van der Waals surface area contributed by atoms with Gasteiger partial charge >= 0.3 is 0 Å². The summed E-state index contributed by atoms with van der Waals surface area (Å²) in [5, 5.41) is 0. The van der Waals surface area contributed by atoms with Crippen LogP contribution in [0.4, 0.5) is 4.39 Å². The maximum atomic E-state index is 14.0. The molecule has 26 heavy (non-hydrogen) atoms. The van der Waals surface area contributed by atoms with Crippen molar-refractivity contribution in [2.45, 2.75) is 68.7 Å². The number of halogens is 1. The van der Waals surface area contributed by atoms with Crippen LogP contribution in [0.15, 0.2) is 24.3 Å². The van der Waals surface area contributed by atoms with Crippen LogP contribution in [0.1, 0.15) is 56.9 Å². The molecule has 0 aliphatic heterocycles. The van der Waals surface area contributed by atoms with E-state index in [-0.39, 0.29) is 11.7 Å². The average molecular weight is 374 g/mol. The fourth-order valence-electron chi connectivity index (χ4n) is 6.12. The van der Waals surface area contributed by atoms with Crippen LogP contribution in [0, 0.1) is 23.6 Å². The van der Waals surface area contributed by atoms with Crippen LogP contribution in [0.5, 0.6) is 0 Å². The number of nitrogens with zero attached hydrogens (tertiary/aromatic N) is 1. The zero-order chi connectivity index (χ0) is 17.7. The Morgan fingerprint density at radius 2 is 1.69 bits per heavy atom. The van der Waals surface area contributed by atoms with Gasteiger partial charge in [-0.15, -0.1) is 11.8 Å². The Bertz CT molecular complexity index is 666. The van der Waals surface area contributed by atoms with Crippen LogP contribution in [-0.4, -0.2) is 27.3 Å². The number of hydrogen-bond acceptors (Lipinski definition) is 2. The Labute approximate surface area is 159 Å². The summed E-state index contributed by atoms with van der Waals surface area (Å²) in [6, 6.07) is 7.21. The molecule has 0 spiro atoms. The maximum absolute atomic E-state index is 14.0. The molecule has 5 aliphatic rings. The first-order valence-corrected chi connectivity index (χ1v) is 11.3. The van der Waals surface area contributed by atoms with E-state index in [1.807, 2.05) is 28.8 Å². The predicted molar refractivity (Wildman–Crippen MR) is 103 cm³/mol. The third-order valence-corrected chi connectivity index (χ3v) is 8.59. The Balaban J connectivity index is 1.25. The molecule has 1 aromatic carbocycles. The molecule has 0 heterocycles. The molecule has 0 atom stereocenters. The van der Waals surface area contributed by atoms with Gasteiger partial charge in [0.15, 0.2) is 0 Å². The van der Waals surface area contributed by atoms with E-state index >= 15 is 0 Å². The molecule has 5 aliphatic carbocycles. The summed E-state index contributed by atoms with van der Waals surface area (Å²) < 4.78 is 14.4. The average Bonchev–Trinajstić information content (AvgIpc) is 3.43. The molecule has 0 saturated heterocycles. The van der Waals surface area contributed by atoms with Gasteiger partial charge in [0.05, 0.1) is 5.75 Å². The molecule has 1 amide bonds. The summed E-state index contributed by atoms with van der Waals surface area (Å²) in [6.07, 6.45) is 10.4. The van der Waals surface area contributed by atoms with Crippen molar-refractivity contribution < 1.29 is 9.18 Å². The minimum atomic E-state index is -0.195. The van der Waals surface area contributed by atoms with Crippen LogP contribution >= 0.6 is 11.8 Å². The van der Waals surface area contributed by atoms with Crippen molar-refractivity contribution in [3.63, 3.8) is 0 Å². The third kappa shape index (κ3) is 3.30. The van der Waals surface area contributed by atoms with Gasteiger partial charge in [0.1, 0.15) is 5.82 Å². The smallest absolute Gasteiger partial charge is 0.233 e. The monoisotopic (exact) mass is 373 g/mol. The van der Waals surface area contributed by atoms with Gasteiger partial charge in [-0.2, -0.15) is 0 Å². The minimum absolute atomic E-state index is 0.195. The van der Waals surface area contributed by atoms with E-state index in [9.17, 15) is 9.18 Å². The molecule has 2 nitrogen and oxygen atoms in total. The maximum Gasteiger partial charge on any atom is 0.233 e. The van der Waals surface area contributed by atoms with Crippen LogP contribution in [0.2, 0.25) is 0 Å². The van der Waals surface area contributed by atoms with Crippen molar-refractivity contribution in [2.75, 3.05) is 5.75 Å². The molecule has 5 saturated carbocycles. The summed E-state index contributed by atoms with van der Waals surface area (Å²) in [7, 11) is 0. The second-order valence-electron chi connectivity index (χ2n) is 9.23. The predicted octanol–water partition coefficient (Wildman–Crippen LogP) is 5.02. The molecule has 0 unspecified atom stereocenters. The Morgan fingerprint density at radius 3 is 2.27 bits per heavy atom. The van der Waals surface area contributed by atoms with Gasteiger partial charge in [0.2, 0.25) is 5.91 Å². The van der Waals surface area contributed by atoms with Crippen LogP contribution in [-0.2, 0) is 11.3 Å². The summed E-state index contributed by atoms with van der Waals surface area (Å²) in [4.78, 5) is 15.0. The van der Waals surface area contributed by atoms with Crippen molar-refractivity contribution in [3.8, 4) is 0 Å². The van der Waals surface area contributed by atoms with Crippen molar-refractivity contribution in [1.29, 1.82) is 0 Å². The van der Waals surface area contributed by atoms with Gasteiger partial charge in [0.25, 0.3) is 0 Å². The highest BCUT2D eigenvalue weighted by Gasteiger charge is 2.51. The first-order chi connectivity index (χ1) is 12.6. The topological polar surface area (TPSA) is 20.3 Å². The zero-order valence-electron chi connectivity index (χ0n) is 15.3. The first-order valence-electron chi connectivity index (χ1n) is 10.3. The van der Waals surface area contributed by atoms with Gasteiger partial charge in [-0.25, -0.2) is 4.39 Å². The van der Waals surface area contributed by atoms with E-state index in [4.69, 9.17) is 0 Å². The quantitative estimate of drug-likeness (QED) is 0.698. The number of rotatable bonds is 6. The summed E-state index contributed by atoms with van der Waals surface area (Å²) in [5.41, 5.74) is 0.646. The lowest BCUT2D eigenvalue weighted by Crippen LogP contribution is -2.49. The van der Waals surface area contributed by atoms with Crippen molar-refractivity contribution >= 4 is 17.7 Å². The second kappa shape index (κ2) is 6.54. The van der Waals surface area contributed by atoms with E-state index in [1.165, 1.54) is 44.6 Å². The first kappa shape index (κ1) is 17.1. The lowest BCUT2D eigenvalue weighted by molar-refractivity contribution is -0.129. The summed E-state index contributed by atoms with van der Waals surface area (Å²) in [5.74, 6) is 3.36. The van der Waals surface area contributed by atoms with Crippen molar-refractivity contribution in [1.82, 2.24) is 4.90 Å². The Kier molecular flexibility index (Phi) is 4.30. The molecule has 5 fully saturated rings. The fraction of sp³-hybridized carbons (Fsp3) is 0.682. The zero-order valence-corrected chi connectivity index (χ0v) is 16.1. The number of hydrogen-bond donors (Lipinski definition) is 0. The number of amides is 1. The molecular formula is C22H28FNOS. The highest BCUT2D eigenvalue weighted by Crippen LogP contribution is 2.60. The largest absolute Gasteiger partial charge is 0.335 e. The standard InChI is InChI=1S/C22H28FNOS/c23-20-4-2-1-3-18(20)13-24(19-5-6-19)21(25)14-26-22-10-15-7-16(11-22)9-17(8-15)12-22/h1-4,15-17,19H,5-14H2. The van der Waals surface area contributed by atoms with Gasteiger partial charge in [-0.05, 0) is 75.2 Å². The molecule has 0 radical (unpaired) electrons. The van der Waals surface area contributed by atoms with Crippen LogP contribution < -0.4 is 0 Å². The molecule has 4 bridgehead atoms. The van der Waals surface area contributed by atoms with Crippen LogP contribution in [0.3, 0.4) is 0 Å². The number of benzene rings is 1. The highest BCUT2D eigenvalue weighted by atomic mass is 32.2. The lowest BCUT2D eigenvalue weighted by atomic mass is 9.56. The van der Waals surface area contributed by atoms with E-state index in [2.05, 4.69) is 0 Å². The van der Waals surface area contributed by atoms with Crippen molar-refractivity contribution in [2.24, 2.45) is 17.8 Å². The fourth-order valence-corrected chi connectivity index (χ4v) is 7.78. The molecule has 140 valence electrons. The summed E-state index contributed by atoms with van der Waals surface area (Å²) >= 11 is 1.95. The van der Waals surface area contributed by atoms with Crippen LogP contribution in [0.25, 0.3) is 0 Å². The van der Waals surface area contributed by atoms with Gasteiger partial charge < -0.3 is 4.90 Å². The normalized spacial score (nSPS) is 34.9. The SMILES string of the molecule is O=C(CSC12CC3CC(CC(C3)C1)C2)N(Cc1ccccc1F)C1CC1. The Hall–Kier alpha value is -1.03. The number of carbonyl (C=O) groups excluding carboxylic acids is 1. The molecular weight excluding hydrogens is 345 g/mol. The van der Waals surface area contributed by atoms with E-state index in [0.29, 0.717) is 28.6 Å². The van der Waals surface area contributed by atoms with E-state index in [1.54, 1.807) is 6.07 Å². The Morgan fingerprint density at radius 1 is 1.08 bits per heavy atom. The van der Waals surface area contributed by atoms with E-state index in [0.717, 1.165) is 30.6 Å². The number of thioether (sulfide) groups is 1. The van der Waals surface area contributed by atoms with Gasteiger partial charge in [-0.1, -0.05) is 18.2 Å². The molecule has 1 aromatic rings. The third-order valence-electron chi connectivity index (χ3n) is 7.09. The van der Waals surface area contributed by atoms with E-state index < -0.39 is 0 Å².